The molecule has 0 saturated carbocycles. The number of primary amides is 1. The summed E-state index contributed by atoms with van der Waals surface area (Å²) >= 11 is 1.42. The first kappa shape index (κ1) is 26.6. The van der Waals surface area contributed by atoms with E-state index in [0.717, 1.165) is 0 Å². The first-order valence-electron chi connectivity index (χ1n) is 8.81. The van der Waals surface area contributed by atoms with Crippen LogP contribution < -0.4 is 27.4 Å². The molecule has 0 saturated heterocycles. The zero-order valence-corrected chi connectivity index (χ0v) is 17.2. The van der Waals surface area contributed by atoms with Gasteiger partial charge in [-0.05, 0) is 31.8 Å². The monoisotopic (exact) mass is 435 g/mol. The Hall–Kier alpha value is -2.38. The SMILES string of the molecule is CSCCC(NC(=O)C(CCC(N)=O)NC(=O)C(N)CO)C(=O)NC(C)C(=O)O. The highest BCUT2D eigenvalue weighted by Gasteiger charge is 2.29. The van der Waals surface area contributed by atoms with Gasteiger partial charge < -0.3 is 37.6 Å². The zero-order valence-electron chi connectivity index (χ0n) is 16.3. The minimum atomic E-state index is -1.27. The van der Waals surface area contributed by atoms with E-state index in [4.69, 9.17) is 21.7 Å². The Balaban J connectivity index is 5.29. The fraction of sp³-hybridized carbons (Fsp3) is 0.688. The number of nitrogens with two attached hydrogens (primary N) is 2. The minimum absolute atomic E-state index is 0.145. The number of carboxylic acid groups (broad SMARTS) is 1. The zero-order chi connectivity index (χ0) is 22.6. The van der Waals surface area contributed by atoms with Crippen molar-refractivity contribution in [3.8, 4) is 0 Å². The van der Waals surface area contributed by atoms with E-state index in [1.807, 2.05) is 0 Å². The van der Waals surface area contributed by atoms with Crippen LogP contribution in [0.1, 0.15) is 26.2 Å². The van der Waals surface area contributed by atoms with Crippen molar-refractivity contribution in [1.29, 1.82) is 0 Å². The molecule has 0 aliphatic rings. The van der Waals surface area contributed by atoms with Crippen molar-refractivity contribution in [2.24, 2.45) is 11.5 Å². The number of carbonyl (C=O) groups excluding carboxylic acids is 4. The van der Waals surface area contributed by atoms with Crippen molar-refractivity contribution in [3.63, 3.8) is 0 Å². The molecule has 0 aromatic carbocycles. The quantitative estimate of drug-likeness (QED) is 0.147. The molecule has 4 unspecified atom stereocenters. The van der Waals surface area contributed by atoms with E-state index in [1.54, 1.807) is 6.26 Å². The molecule has 0 aromatic rings. The van der Waals surface area contributed by atoms with E-state index in [2.05, 4.69) is 16.0 Å². The molecule has 0 aromatic heterocycles. The first-order chi connectivity index (χ1) is 13.5. The summed E-state index contributed by atoms with van der Waals surface area (Å²) in [5.41, 5.74) is 10.5. The Kier molecular flexibility index (Phi) is 12.6. The third kappa shape index (κ3) is 10.7. The van der Waals surface area contributed by atoms with Gasteiger partial charge in [-0.15, -0.1) is 0 Å². The molecule has 4 atom stereocenters. The third-order valence-electron chi connectivity index (χ3n) is 3.82. The van der Waals surface area contributed by atoms with E-state index in [0.29, 0.717) is 5.75 Å². The normalized spacial score (nSPS) is 14.8. The third-order valence-corrected chi connectivity index (χ3v) is 4.46. The lowest BCUT2D eigenvalue weighted by molar-refractivity contribution is -0.141. The average molecular weight is 436 g/mol. The maximum Gasteiger partial charge on any atom is 0.325 e. The Bertz CT molecular complexity index is 604. The highest BCUT2D eigenvalue weighted by atomic mass is 32.2. The molecular formula is C16H29N5O7S. The summed E-state index contributed by atoms with van der Waals surface area (Å²) in [7, 11) is 0. The molecule has 166 valence electrons. The van der Waals surface area contributed by atoms with Gasteiger partial charge in [0, 0.05) is 6.42 Å². The fourth-order valence-electron chi connectivity index (χ4n) is 2.07. The van der Waals surface area contributed by atoms with Crippen LogP contribution in [0.2, 0.25) is 0 Å². The van der Waals surface area contributed by atoms with E-state index in [-0.39, 0.29) is 19.3 Å². The van der Waals surface area contributed by atoms with E-state index < -0.39 is 60.4 Å². The molecule has 0 radical (unpaired) electrons. The Labute approximate surface area is 172 Å². The van der Waals surface area contributed by atoms with Crippen LogP contribution in [-0.2, 0) is 24.0 Å². The lowest BCUT2D eigenvalue weighted by Crippen LogP contribution is -2.57. The number of aliphatic hydroxyl groups excluding tert-OH is 1. The van der Waals surface area contributed by atoms with Gasteiger partial charge in [0.15, 0.2) is 0 Å². The maximum atomic E-state index is 12.6. The number of nitrogens with one attached hydrogen (secondary N) is 3. The van der Waals surface area contributed by atoms with Gasteiger partial charge in [0.25, 0.3) is 0 Å². The molecule has 0 fully saturated rings. The predicted octanol–water partition coefficient (Wildman–Crippen LogP) is -3.12. The maximum absolute atomic E-state index is 12.6. The number of hydrogen-bond donors (Lipinski definition) is 7. The summed E-state index contributed by atoms with van der Waals surface area (Å²) in [5.74, 6) is -3.73. The van der Waals surface area contributed by atoms with E-state index in [9.17, 15) is 24.0 Å². The van der Waals surface area contributed by atoms with Gasteiger partial charge in [0.2, 0.25) is 23.6 Å². The van der Waals surface area contributed by atoms with Crippen LogP contribution in [0.4, 0.5) is 0 Å². The van der Waals surface area contributed by atoms with Crippen LogP contribution in [-0.4, -0.2) is 82.6 Å². The molecule has 0 rings (SSSR count). The van der Waals surface area contributed by atoms with Crippen molar-refractivity contribution in [2.75, 3.05) is 18.6 Å². The smallest absolute Gasteiger partial charge is 0.325 e. The lowest BCUT2D eigenvalue weighted by atomic mass is 10.1. The van der Waals surface area contributed by atoms with Gasteiger partial charge in [-0.1, -0.05) is 0 Å². The highest BCUT2D eigenvalue weighted by molar-refractivity contribution is 7.98. The second-order valence-corrected chi connectivity index (χ2v) is 7.25. The summed E-state index contributed by atoms with van der Waals surface area (Å²) in [4.78, 5) is 58.9. The Morgan fingerprint density at radius 2 is 1.48 bits per heavy atom. The van der Waals surface area contributed by atoms with Crippen LogP contribution in [0.25, 0.3) is 0 Å². The molecular weight excluding hydrogens is 406 g/mol. The standard InChI is InChI=1S/C16H29N5O7S/c1-8(16(27)28)19-14(25)11(5-6-29-2)21-15(26)10(3-4-12(18)23)20-13(24)9(17)7-22/h8-11,22H,3-7,17H2,1-2H3,(H2,18,23)(H,19,25)(H,20,24)(H,21,26)(H,27,28). The van der Waals surface area contributed by atoms with Crippen LogP contribution in [0.3, 0.4) is 0 Å². The number of carboxylic acids is 1. The lowest BCUT2D eigenvalue weighted by Gasteiger charge is -2.24. The van der Waals surface area contributed by atoms with Crippen LogP contribution in [0, 0.1) is 0 Å². The molecule has 9 N–H and O–H groups in total. The molecule has 0 bridgehead atoms. The minimum Gasteiger partial charge on any atom is -0.480 e. The number of hydrogen-bond acceptors (Lipinski definition) is 8. The van der Waals surface area contributed by atoms with Crippen molar-refractivity contribution in [3.05, 3.63) is 0 Å². The molecule has 0 spiro atoms. The number of thioether (sulfide) groups is 1. The molecule has 0 heterocycles. The van der Waals surface area contributed by atoms with Gasteiger partial charge >= 0.3 is 5.97 Å². The second kappa shape index (κ2) is 13.7. The summed E-state index contributed by atoms with van der Waals surface area (Å²) in [6, 6.07) is -4.72. The molecule has 12 nitrogen and oxygen atoms in total. The van der Waals surface area contributed by atoms with Crippen molar-refractivity contribution in [1.82, 2.24) is 16.0 Å². The van der Waals surface area contributed by atoms with Crippen molar-refractivity contribution >= 4 is 41.4 Å². The van der Waals surface area contributed by atoms with Crippen LogP contribution in [0.5, 0.6) is 0 Å². The summed E-state index contributed by atoms with van der Waals surface area (Å²) < 4.78 is 0. The molecule has 0 aliphatic heterocycles. The number of amides is 4. The number of aliphatic hydroxyl groups is 1. The van der Waals surface area contributed by atoms with E-state index >= 15 is 0 Å². The molecule has 29 heavy (non-hydrogen) atoms. The average Bonchev–Trinajstić information content (AvgIpc) is 2.66. The Morgan fingerprint density at radius 3 is 1.97 bits per heavy atom. The van der Waals surface area contributed by atoms with E-state index in [1.165, 1.54) is 18.7 Å². The summed E-state index contributed by atoms with van der Waals surface area (Å²) in [6.07, 6.45) is 1.64. The summed E-state index contributed by atoms with van der Waals surface area (Å²) in [6.45, 7) is 0.627. The van der Waals surface area contributed by atoms with Crippen LogP contribution in [0.15, 0.2) is 0 Å². The number of carbonyl (C=O) groups is 5. The van der Waals surface area contributed by atoms with Crippen molar-refractivity contribution < 1.29 is 34.2 Å². The largest absolute Gasteiger partial charge is 0.480 e. The molecule has 0 aliphatic carbocycles. The van der Waals surface area contributed by atoms with Crippen LogP contribution >= 0.6 is 11.8 Å². The number of rotatable bonds is 14. The number of aliphatic carboxylic acids is 1. The summed E-state index contributed by atoms with van der Waals surface area (Å²) in [5, 5.41) is 24.9. The van der Waals surface area contributed by atoms with Crippen molar-refractivity contribution in [2.45, 2.75) is 50.4 Å². The predicted molar refractivity (Wildman–Crippen MR) is 106 cm³/mol. The second-order valence-electron chi connectivity index (χ2n) is 6.27. The topological polar surface area (TPSA) is 214 Å². The molecule has 13 heteroatoms. The van der Waals surface area contributed by atoms with Gasteiger partial charge in [-0.3, -0.25) is 24.0 Å². The highest BCUT2D eigenvalue weighted by Crippen LogP contribution is 2.05. The van der Waals surface area contributed by atoms with Gasteiger partial charge in [0.1, 0.15) is 24.2 Å². The first-order valence-corrected chi connectivity index (χ1v) is 10.2. The van der Waals surface area contributed by atoms with Gasteiger partial charge in [-0.2, -0.15) is 11.8 Å². The fourth-order valence-corrected chi connectivity index (χ4v) is 2.54. The molecule has 4 amide bonds. The Morgan fingerprint density at radius 1 is 0.966 bits per heavy atom. The van der Waals surface area contributed by atoms with Gasteiger partial charge in [0.05, 0.1) is 6.61 Å². The van der Waals surface area contributed by atoms with Gasteiger partial charge in [-0.25, -0.2) is 0 Å².